The van der Waals surface area contributed by atoms with E-state index < -0.39 is 10.8 Å². The molecule has 1 amide bonds. The number of para-hydroxylation sites is 1. The van der Waals surface area contributed by atoms with Crippen LogP contribution in [0.5, 0.6) is 17.2 Å². The van der Waals surface area contributed by atoms with Crippen LogP contribution in [0.15, 0.2) is 36.4 Å². The lowest BCUT2D eigenvalue weighted by molar-refractivity contribution is -0.385. The third kappa shape index (κ3) is 4.21. The first-order chi connectivity index (χ1) is 12.5. The first kappa shape index (κ1) is 19.0. The fourth-order valence-electron chi connectivity index (χ4n) is 2.43. The van der Waals surface area contributed by atoms with Crippen molar-refractivity contribution in [1.29, 1.82) is 0 Å². The van der Waals surface area contributed by atoms with Crippen molar-refractivity contribution in [2.24, 2.45) is 0 Å². The number of methoxy groups -OCH3 is 2. The molecule has 0 aliphatic carbocycles. The summed E-state index contributed by atoms with van der Waals surface area (Å²) in [5.74, 6) is 0.487. The summed E-state index contributed by atoms with van der Waals surface area (Å²) in [4.78, 5) is 23.3. The maximum atomic E-state index is 12.5. The van der Waals surface area contributed by atoms with Crippen molar-refractivity contribution in [1.82, 2.24) is 5.32 Å². The van der Waals surface area contributed by atoms with Gasteiger partial charge in [0.25, 0.3) is 11.6 Å². The van der Waals surface area contributed by atoms with Gasteiger partial charge in [-0.05, 0) is 13.0 Å². The lowest BCUT2D eigenvalue weighted by atomic mass is 10.1. The maximum absolute atomic E-state index is 12.5. The van der Waals surface area contributed by atoms with Gasteiger partial charge in [0.05, 0.1) is 31.8 Å². The molecule has 0 atom stereocenters. The normalized spacial score (nSPS) is 10.1. The minimum Gasteiger partial charge on any atom is -0.496 e. The molecule has 0 radical (unpaired) electrons. The quantitative estimate of drug-likeness (QED) is 0.574. The van der Waals surface area contributed by atoms with Crippen LogP contribution < -0.4 is 19.5 Å². The van der Waals surface area contributed by atoms with Gasteiger partial charge in [0.15, 0.2) is 11.5 Å². The van der Waals surface area contributed by atoms with Crippen molar-refractivity contribution in [3.63, 3.8) is 0 Å². The molecule has 0 unspecified atom stereocenters. The maximum Gasteiger partial charge on any atom is 0.286 e. The Morgan fingerprint density at radius 3 is 2.42 bits per heavy atom. The number of carbonyl (C=O) groups is 1. The zero-order chi connectivity index (χ0) is 19.1. The number of carbonyl (C=O) groups excluding carboxylic acids is 1. The molecule has 0 aliphatic heterocycles. The largest absolute Gasteiger partial charge is 0.496 e. The van der Waals surface area contributed by atoms with E-state index in [0.717, 1.165) is 5.56 Å². The first-order valence-electron chi connectivity index (χ1n) is 7.91. The average molecular weight is 360 g/mol. The van der Waals surface area contributed by atoms with E-state index in [1.165, 1.54) is 26.4 Å². The summed E-state index contributed by atoms with van der Waals surface area (Å²) in [6.07, 6.45) is 0. The van der Waals surface area contributed by atoms with Gasteiger partial charge in [-0.3, -0.25) is 14.9 Å². The summed E-state index contributed by atoms with van der Waals surface area (Å²) in [7, 11) is 2.91. The molecule has 138 valence electrons. The Hall–Kier alpha value is -3.29. The van der Waals surface area contributed by atoms with E-state index in [-0.39, 0.29) is 29.3 Å². The van der Waals surface area contributed by atoms with E-state index in [2.05, 4.69) is 5.32 Å². The highest BCUT2D eigenvalue weighted by molar-refractivity contribution is 5.99. The summed E-state index contributed by atoms with van der Waals surface area (Å²) >= 11 is 0. The predicted octanol–water partition coefficient (Wildman–Crippen LogP) is 2.94. The molecule has 0 spiro atoms. The number of nitrogens with zero attached hydrogens (tertiary/aromatic N) is 1. The van der Waals surface area contributed by atoms with E-state index in [4.69, 9.17) is 14.2 Å². The molecule has 8 heteroatoms. The summed E-state index contributed by atoms with van der Waals surface area (Å²) in [6, 6.07) is 9.69. The predicted molar refractivity (Wildman–Crippen MR) is 95.0 cm³/mol. The molecule has 0 bridgehead atoms. The second-order valence-electron chi connectivity index (χ2n) is 5.20. The molecule has 2 aromatic carbocycles. The topological polar surface area (TPSA) is 99.9 Å². The molecular formula is C18H20N2O6. The molecule has 2 rings (SSSR count). The van der Waals surface area contributed by atoms with Gasteiger partial charge in [0.1, 0.15) is 11.3 Å². The third-order valence-electron chi connectivity index (χ3n) is 3.66. The zero-order valence-corrected chi connectivity index (χ0v) is 14.8. The number of ether oxygens (including phenoxy) is 3. The second-order valence-corrected chi connectivity index (χ2v) is 5.20. The molecule has 2 aromatic rings. The van der Waals surface area contributed by atoms with Crippen LogP contribution in [0, 0.1) is 10.1 Å². The number of rotatable bonds is 8. The summed E-state index contributed by atoms with van der Waals surface area (Å²) in [5, 5.41) is 14.0. The molecule has 8 nitrogen and oxygen atoms in total. The van der Waals surface area contributed by atoms with Gasteiger partial charge in [-0.2, -0.15) is 0 Å². The van der Waals surface area contributed by atoms with Crippen molar-refractivity contribution in [2.45, 2.75) is 13.5 Å². The number of nitro groups is 1. The SMILES string of the molecule is CCOc1cc(C(=O)NCc2ccccc2OC)c([N+](=O)[O-])cc1OC. The lowest BCUT2D eigenvalue weighted by Crippen LogP contribution is -2.24. The zero-order valence-electron chi connectivity index (χ0n) is 14.8. The fourth-order valence-corrected chi connectivity index (χ4v) is 2.43. The Labute approximate surface area is 150 Å². The van der Waals surface area contributed by atoms with E-state index in [1.54, 1.807) is 19.1 Å². The van der Waals surface area contributed by atoms with Gasteiger partial charge in [0.2, 0.25) is 0 Å². The van der Waals surface area contributed by atoms with Crippen molar-refractivity contribution in [3.8, 4) is 17.2 Å². The standard InChI is InChI=1S/C18H20N2O6/c1-4-26-17-9-13(14(20(22)23)10-16(17)25-3)18(21)19-11-12-7-5-6-8-15(12)24-2/h5-10H,4,11H2,1-3H3,(H,19,21). The summed E-state index contributed by atoms with van der Waals surface area (Å²) in [6.45, 7) is 2.26. The van der Waals surface area contributed by atoms with Crippen LogP contribution in [-0.2, 0) is 6.54 Å². The van der Waals surface area contributed by atoms with Crippen LogP contribution in [0.1, 0.15) is 22.8 Å². The van der Waals surface area contributed by atoms with Crippen molar-refractivity contribution >= 4 is 11.6 Å². The molecule has 0 heterocycles. The van der Waals surface area contributed by atoms with Gasteiger partial charge in [0, 0.05) is 18.2 Å². The van der Waals surface area contributed by atoms with E-state index in [9.17, 15) is 14.9 Å². The molecular weight excluding hydrogens is 340 g/mol. The summed E-state index contributed by atoms with van der Waals surface area (Å²) < 4.78 is 15.7. The monoisotopic (exact) mass is 360 g/mol. The van der Waals surface area contributed by atoms with Gasteiger partial charge >= 0.3 is 0 Å². The highest BCUT2D eigenvalue weighted by Gasteiger charge is 2.24. The molecule has 1 N–H and O–H groups in total. The fraction of sp³-hybridized carbons (Fsp3) is 0.278. The molecule has 0 fully saturated rings. The third-order valence-corrected chi connectivity index (χ3v) is 3.66. The van der Waals surface area contributed by atoms with E-state index in [0.29, 0.717) is 12.4 Å². The minimum atomic E-state index is -0.629. The highest BCUT2D eigenvalue weighted by Crippen LogP contribution is 2.34. The molecule has 26 heavy (non-hydrogen) atoms. The van der Waals surface area contributed by atoms with Crippen LogP contribution in [0.4, 0.5) is 5.69 Å². The second kappa shape index (κ2) is 8.70. The van der Waals surface area contributed by atoms with Crippen LogP contribution in [0.2, 0.25) is 0 Å². The van der Waals surface area contributed by atoms with Crippen molar-refractivity contribution in [2.75, 3.05) is 20.8 Å². The van der Waals surface area contributed by atoms with Gasteiger partial charge in [-0.25, -0.2) is 0 Å². The van der Waals surface area contributed by atoms with Gasteiger partial charge in [-0.15, -0.1) is 0 Å². The van der Waals surface area contributed by atoms with Crippen molar-refractivity contribution < 1.29 is 23.9 Å². The van der Waals surface area contributed by atoms with Crippen LogP contribution in [0.25, 0.3) is 0 Å². The number of amides is 1. The molecule has 0 saturated heterocycles. The van der Waals surface area contributed by atoms with Crippen molar-refractivity contribution in [3.05, 3.63) is 57.6 Å². The molecule has 0 saturated carbocycles. The average Bonchev–Trinajstić information content (AvgIpc) is 2.66. The Kier molecular flexibility index (Phi) is 6.37. The number of nitrogens with one attached hydrogen (secondary N) is 1. The number of nitro benzene ring substituents is 1. The highest BCUT2D eigenvalue weighted by atomic mass is 16.6. The molecule has 0 aliphatic rings. The summed E-state index contributed by atoms with van der Waals surface area (Å²) in [5.41, 5.74) is 0.293. The van der Waals surface area contributed by atoms with Crippen LogP contribution >= 0.6 is 0 Å². The molecule has 0 aromatic heterocycles. The first-order valence-corrected chi connectivity index (χ1v) is 7.91. The number of benzene rings is 2. The number of hydrogen-bond acceptors (Lipinski definition) is 6. The van der Waals surface area contributed by atoms with E-state index in [1.807, 2.05) is 12.1 Å². The van der Waals surface area contributed by atoms with Crippen LogP contribution in [-0.4, -0.2) is 31.7 Å². The lowest BCUT2D eigenvalue weighted by Gasteiger charge is -2.13. The Morgan fingerprint density at radius 1 is 1.12 bits per heavy atom. The number of hydrogen-bond donors (Lipinski definition) is 1. The van der Waals surface area contributed by atoms with Gasteiger partial charge < -0.3 is 19.5 Å². The van der Waals surface area contributed by atoms with Gasteiger partial charge in [-0.1, -0.05) is 18.2 Å². The van der Waals surface area contributed by atoms with E-state index >= 15 is 0 Å². The Morgan fingerprint density at radius 2 is 1.81 bits per heavy atom. The Balaban J connectivity index is 2.31. The minimum absolute atomic E-state index is 0.103. The van der Waals surface area contributed by atoms with Crippen LogP contribution in [0.3, 0.4) is 0 Å². The smallest absolute Gasteiger partial charge is 0.286 e. The Bertz CT molecular complexity index is 806.